The number of halogens is 1. The topological polar surface area (TPSA) is 109 Å². The molecule has 0 aliphatic carbocycles. The number of nitrogens with zero attached hydrogens (tertiary/aromatic N) is 2. The Morgan fingerprint density at radius 2 is 1.89 bits per heavy atom. The Morgan fingerprint density at radius 1 is 1.07 bits per heavy atom. The van der Waals surface area contributed by atoms with Gasteiger partial charge in [0.15, 0.2) is 0 Å². The van der Waals surface area contributed by atoms with Gasteiger partial charge in [0.1, 0.15) is 12.1 Å². The number of furan rings is 1. The summed E-state index contributed by atoms with van der Waals surface area (Å²) in [4.78, 5) is 32.5. The molecule has 3 rings (SSSR count). The Labute approximate surface area is 153 Å². The Bertz CT molecular complexity index is 916. The Balaban J connectivity index is 1.61. The van der Waals surface area contributed by atoms with Crippen LogP contribution in [0.5, 0.6) is 0 Å². The van der Waals surface area contributed by atoms with E-state index >= 15 is 0 Å². The molecule has 0 bridgehead atoms. The fraction of sp³-hybridized carbons (Fsp3) is 0.111. The lowest BCUT2D eigenvalue weighted by atomic mass is 10.1. The van der Waals surface area contributed by atoms with Gasteiger partial charge in [0, 0.05) is 25.5 Å². The Hall–Kier alpha value is -3.75. The molecule has 0 spiro atoms. The first-order valence-electron chi connectivity index (χ1n) is 8.05. The fourth-order valence-corrected chi connectivity index (χ4v) is 2.24. The molecule has 2 amide bonds. The Kier molecular flexibility index (Phi) is 5.73. The normalized spacial score (nSPS) is 10.3. The number of hydrogen-bond acceptors (Lipinski definition) is 6. The van der Waals surface area contributed by atoms with E-state index < -0.39 is 17.6 Å². The highest BCUT2D eigenvalue weighted by Gasteiger charge is 2.15. The largest absolute Gasteiger partial charge is 0.472 e. The van der Waals surface area contributed by atoms with Crippen LogP contribution in [-0.4, -0.2) is 34.9 Å². The lowest BCUT2D eigenvalue weighted by Gasteiger charge is -2.11. The van der Waals surface area contributed by atoms with Crippen LogP contribution in [0.1, 0.15) is 20.7 Å². The number of hydrogen-bond donors (Lipinski definition) is 3. The van der Waals surface area contributed by atoms with Gasteiger partial charge in [-0.2, -0.15) is 0 Å². The number of benzene rings is 1. The van der Waals surface area contributed by atoms with Crippen LogP contribution in [0.4, 0.5) is 16.0 Å². The van der Waals surface area contributed by atoms with Crippen LogP contribution in [-0.2, 0) is 0 Å². The van der Waals surface area contributed by atoms with Gasteiger partial charge in [0.2, 0.25) is 5.95 Å². The summed E-state index contributed by atoms with van der Waals surface area (Å²) in [5.74, 6) is -1.09. The smallest absolute Gasteiger partial charge is 0.258 e. The lowest BCUT2D eigenvalue weighted by Crippen LogP contribution is -2.30. The zero-order valence-corrected chi connectivity index (χ0v) is 14.1. The number of amides is 2. The molecule has 3 N–H and O–H groups in total. The van der Waals surface area contributed by atoms with Crippen LogP contribution >= 0.6 is 0 Å². The third-order valence-electron chi connectivity index (χ3n) is 3.52. The maximum absolute atomic E-state index is 13.6. The summed E-state index contributed by atoms with van der Waals surface area (Å²) in [6.45, 7) is 0.678. The van der Waals surface area contributed by atoms with Crippen molar-refractivity contribution in [1.29, 1.82) is 0 Å². The minimum atomic E-state index is -0.572. The predicted molar refractivity (Wildman–Crippen MR) is 95.9 cm³/mol. The summed E-state index contributed by atoms with van der Waals surface area (Å²) in [5, 5.41) is 8.15. The van der Waals surface area contributed by atoms with E-state index in [-0.39, 0.29) is 23.4 Å². The van der Waals surface area contributed by atoms with Crippen LogP contribution in [0.3, 0.4) is 0 Å². The third kappa shape index (κ3) is 4.88. The quantitative estimate of drug-likeness (QED) is 0.552. The van der Waals surface area contributed by atoms with Crippen LogP contribution < -0.4 is 16.0 Å². The molecule has 0 aliphatic heterocycles. The van der Waals surface area contributed by atoms with Crippen molar-refractivity contribution in [2.75, 3.05) is 23.7 Å². The van der Waals surface area contributed by atoms with Gasteiger partial charge in [-0.25, -0.2) is 14.4 Å². The predicted octanol–water partition coefficient (Wildman–Crippen LogP) is 2.30. The maximum Gasteiger partial charge on any atom is 0.258 e. The number of anilines is 2. The van der Waals surface area contributed by atoms with Gasteiger partial charge in [-0.15, -0.1) is 0 Å². The minimum absolute atomic E-state index is 0.0676. The zero-order valence-electron chi connectivity index (χ0n) is 14.1. The van der Waals surface area contributed by atoms with Gasteiger partial charge in [0.25, 0.3) is 11.8 Å². The number of carbonyl (C=O) groups is 2. The SMILES string of the molecule is O=C(Nc1cc(F)ccc1C(=O)NCCNc1ncccn1)c1ccoc1. The third-order valence-corrected chi connectivity index (χ3v) is 3.52. The van der Waals surface area contributed by atoms with Gasteiger partial charge in [-0.3, -0.25) is 9.59 Å². The van der Waals surface area contributed by atoms with Crippen molar-refractivity contribution in [3.05, 3.63) is 72.2 Å². The number of carbonyl (C=O) groups excluding carboxylic acids is 2. The van der Waals surface area contributed by atoms with E-state index in [1.165, 1.54) is 24.7 Å². The molecule has 0 atom stereocenters. The van der Waals surface area contributed by atoms with E-state index in [4.69, 9.17) is 4.42 Å². The molecule has 0 radical (unpaired) electrons. The van der Waals surface area contributed by atoms with E-state index in [2.05, 4.69) is 25.9 Å². The standard InChI is InChI=1S/C18H16FN5O3/c19-13-2-3-14(15(10-13)24-16(25)12-4-9-27-11-12)17(26)20-7-8-23-18-21-5-1-6-22-18/h1-6,9-11H,7-8H2,(H,20,26)(H,24,25)(H,21,22,23). The summed E-state index contributed by atoms with van der Waals surface area (Å²) in [6.07, 6.45) is 5.80. The minimum Gasteiger partial charge on any atom is -0.472 e. The first kappa shape index (κ1) is 18.1. The van der Waals surface area contributed by atoms with Crippen molar-refractivity contribution in [1.82, 2.24) is 15.3 Å². The molecule has 9 heteroatoms. The molecule has 1 aromatic carbocycles. The van der Waals surface area contributed by atoms with Gasteiger partial charge in [-0.05, 0) is 30.3 Å². The molecular weight excluding hydrogens is 353 g/mol. The number of aromatic nitrogens is 2. The highest BCUT2D eigenvalue weighted by atomic mass is 19.1. The monoisotopic (exact) mass is 369 g/mol. The average molecular weight is 369 g/mol. The highest BCUT2D eigenvalue weighted by Crippen LogP contribution is 2.18. The molecule has 3 aromatic rings. The van der Waals surface area contributed by atoms with Crippen molar-refractivity contribution >= 4 is 23.5 Å². The Morgan fingerprint density at radius 3 is 2.63 bits per heavy atom. The molecular formula is C18H16FN5O3. The molecule has 0 aliphatic rings. The van der Waals surface area contributed by atoms with Gasteiger partial charge >= 0.3 is 0 Å². The van der Waals surface area contributed by atoms with Gasteiger partial charge in [-0.1, -0.05) is 0 Å². The first-order valence-corrected chi connectivity index (χ1v) is 8.05. The second-order valence-corrected chi connectivity index (χ2v) is 5.41. The summed E-state index contributed by atoms with van der Waals surface area (Å²) >= 11 is 0. The molecule has 138 valence electrons. The summed E-state index contributed by atoms with van der Waals surface area (Å²) < 4.78 is 18.4. The number of nitrogens with one attached hydrogen (secondary N) is 3. The summed E-state index contributed by atoms with van der Waals surface area (Å²) in [7, 11) is 0. The number of rotatable bonds is 7. The van der Waals surface area contributed by atoms with Crippen molar-refractivity contribution in [3.63, 3.8) is 0 Å². The summed E-state index contributed by atoms with van der Waals surface area (Å²) in [5.41, 5.74) is 0.472. The molecule has 0 unspecified atom stereocenters. The van der Waals surface area contributed by atoms with Crippen molar-refractivity contribution in [2.45, 2.75) is 0 Å². The van der Waals surface area contributed by atoms with E-state index in [1.54, 1.807) is 18.5 Å². The first-order chi connectivity index (χ1) is 13.1. The van der Waals surface area contributed by atoms with Crippen molar-refractivity contribution < 1.29 is 18.4 Å². The maximum atomic E-state index is 13.6. The second-order valence-electron chi connectivity index (χ2n) is 5.41. The van der Waals surface area contributed by atoms with Crippen molar-refractivity contribution in [3.8, 4) is 0 Å². The molecule has 2 aromatic heterocycles. The van der Waals surface area contributed by atoms with E-state index in [9.17, 15) is 14.0 Å². The molecule has 0 fully saturated rings. The average Bonchev–Trinajstić information content (AvgIpc) is 3.21. The van der Waals surface area contributed by atoms with E-state index in [1.807, 2.05) is 0 Å². The molecule has 8 nitrogen and oxygen atoms in total. The zero-order chi connectivity index (χ0) is 19.1. The molecule has 2 heterocycles. The van der Waals surface area contributed by atoms with Gasteiger partial charge < -0.3 is 20.4 Å². The van der Waals surface area contributed by atoms with Crippen LogP contribution in [0.25, 0.3) is 0 Å². The fourth-order valence-electron chi connectivity index (χ4n) is 2.24. The molecule has 27 heavy (non-hydrogen) atoms. The van der Waals surface area contributed by atoms with Crippen LogP contribution in [0, 0.1) is 5.82 Å². The van der Waals surface area contributed by atoms with Crippen LogP contribution in [0.2, 0.25) is 0 Å². The van der Waals surface area contributed by atoms with Crippen molar-refractivity contribution in [2.24, 2.45) is 0 Å². The molecule has 0 saturated heterocycles. The van der Waals surface area contributed by atoms with Gasteiger partial charge in [0.05, 0.1) is 23.1 Å². The molecule has 0 saturated carbocycles. The van der Waals surface area contributed by atoms with E-state index in [0.717, 1.165) is 12.1 Å². The lowest BCUT2D eigenvalue weighted by molar-refractivity contribution is 0.0956. The van der Waals surface area contributed by atoms with E-state index in [0.29, 0.717) is 12.5 Å². The second kappa shape index (κ2) is 8.56. The van der Waals surface area contributed by atoms with Crippen LogP contribution in [0.15, 0.2) is 59.7 Å². The highest BCUT2D eigenvalue weighted by molar-refractivity contribution is 6.08. The summed E-state index contributed by atoms with van der Waals surface area (Å²) in [6, 6.07) is 6.71.